The molecule has 2 aromatic carbocycles. The van der Waals surface area contributed by atoms with E-state index in [0.717, 1.165) is 20.4 Å². The molecule has 0 aliphatic carbocycles. The van der Waals surface area contributed by atoms with Crippen LogP contribution >= 0.6 is 34.4 Å². The second kappa shape index (κ2) is 11.5. The van der Waals surface area contributed by atoms with Crippen LogP contribution in [0.1, 0.15) is 34.2 Å². The van der Waals surface area contributed by atoms with Gasteiger partial charge in [0.2, 0.25) is 5.91 Å². The Labute approximate surface area is 211 Å². The lowest BCUT2D eigenvalue weighted by Gasteiger charge is -2.12. The van der Waals surface area contributed by atoms with Crippen molar-refractivity contribution in [2.45, 2.75) is 39.0 Å². The molecule has 0 fully saturated rings. The number of carbonyl (C=O) groups excluding carboxylic acids is 2. The Morgan fingerprint density at radius 3 is 2.39 bits per heavy atom. The zero-order valence-electron chi connectivity index (χ0n) is 18.9. The summed E-state index contributed by atoms with van der Waals surface area (Å²) in [5.41, 5.74) is 3.44. The fraction of sp³-hybridized carbons (Fsp3) is 0.304. The summed E-state index contributed by atoms with van der Waals surface area (Å²) in [6.45, 7) is 6.80. The van der Waals surface area contributed by atoms with Crippen LogP contribution in [0.25, 0.3) is 0 Å². The predicted molar refractivity (Wildman–Crippen MR) is 138 cm³/mol. The van der Waals surface area contributed by atoms with Crippen LogP contribution in [0.5, 0.6) is 5.75 Å². The number of amides is 2. The smallest absolute Gasteiger partial charge is 0.251 e. The molecule has 3 aromatic rings. The minimum absolute atomic E-state index is 0.104. The van der Waals surface area contributed by atoms with E-state index in [1.165, 1.54) is 11.8 Å². The molecule has 8 nitrogen and oxygen atoms in total. The van der Waals surface area contributed by atoms with E-state index in [1.807, 2.05) is 37.5 Å². The summed E-state index contributed by atoms with van der Waals surface area (Å²) in [6.07, 6.45) is 0. The Kier molecular flexibility index (Phi) is 8.73. The number of hydrogen-bond acceptors (Lipinski definition) is 6. The summed E-state index contributed by atoms with van der Waals surface area (Å²) in [5, 5.41) is 14.9. The van der Waals surface area contributed by atoms with Crippen molar-refractivity contribution < 1.29 is 14.3 Å². The summed E-state index contributed by atoms with van der Waals surface area (Å²) in [5.74, 6) is 1.22. The van der Waals surface area contributed by atoms with Crippen molar-refractivity contribution in [2.75, 3.05) is 18.2 Å². The van der Waals surface area contributed by atoms with Gasteiger partial charge in [-0.15, -0.1) is 10.2 Å². The highest BCUT2D eigenvalue weighted by Gasteiger charge is 2.15. The van der Waals surface area contributed by atoms with Crippen molar-refractivity contribution >= 4 is 51.9 Å². The molecule has 1 heterocycles. The molecule has 0 atom stereocenters. The number of halogens is 1. The van der Waals surface area contributed by atoms with E-state index < -0.39 is 0 Å². The van der Waals surface area contributed by atoms with Crippen molar-refractivity contribution in [3.8, 4) is 5.75 Å². The number of nitrogens with one attached hydrogen (secondary N) is 2. The van der Waals surface area contributed by atoms with Crippen molar-refractivity contribution in [1.82, 2.24) is 20.1 Å². The number of anilines is 1. The number of carbonyl (C=O) groups is 2. The topological polar surface area (TPSA) is 98.1 Å². The molecule has 2 amide bonds. The number of ether oxygens (including phenoxy) is 1. The molecule has 3 rings (SSSR count). The van der Waals surface area contributed by atoms with Crippen molar-refractivity contribution in [1.29, 1.82) is 0 Å². The standard InChI is InChI=1S/C23H26IN5O3S/c1-5-29-19(12-25-22(31)16-6-8-18(32-4)9-7-16)27-28-23(29)33-13-20(30)26-21-14(2)10-17(24)11-15(21)3/h6-11H,5,12-13H2,1-4H3,(H,25,31)(H,26,30). The Morgan fingerprint density at radius 2 is 1.79 bits per heavy atom. The van der Waals surface area contributed by atoms with Crippen LogP contribution in [0, 0.1) is 17.4 Å². The number of nitrogens with zero attached hydrogens (tertiary/aromatic N) is 3. The van der Waals surface area contributed by atoms with Crippen molar-refractivity contribution in [3.05, 3.63) is 62.5 Å². The van der Waals surface area contributed by atoms with Gasteiger partial charge in [0.25, 0.3) is 5.91 Å². The molecule has 0 saturated carbocycles. The first-order valence-corrected chi connectivity index (χ1v) is 12.4. The first kappa shape index (κ1) is 25.0. The molecule has 1 aromatic heterocycles. The average Bonchev–Trinajstić information content (AvgIpc) is 3.20. The number of aromatic nitrogens is 3. The highest BCUT2D eigenvalue weighted by atomic mass is 127. The Bertz CT molecular complexity index is 1120. The van der Waals surface area contributed by atoms with E-state index in [1.54, 1.807) is 31.4 Å². The van der Waals surface area contributed by atoms with Gasteiger partial charge in [0, 0.05) is 21.4 Å². The maximum absolute atomic E-state index is 12.5. The van der Waals surface area contributed by atoms with Gasteiger partial charge in [-0.1, -0.05) is 11.8 Å². The minimum atomic E-state index is -0.208. The van der Waals surface area contributed by atoms with Gasteiger partial charge in [-0.05, 0) is 90.9 Å². The Hall–Kier alpha value is -2.60. The quantitative estimate of drug-likeness (QED) is 0.292. The van der Waals surface area contributed by atoms with Gasteiger partial charge >= 0.3 is 0 Å². The number of methoxy groups -OCH3 is 1. The maximum Gasteiger partial charge on any atom is 0.251 e. The third kappa shape index (κ3) is 6.47. The first-order valence-electron chi connectivity index (χ1n) is 10.4. The lowest BCUT2D eigenvalue weighted by atomic mass is 10.1. The van der Waals surface area contributed by atoms with E-state index in [4.69, 9.17) is 4.74 Å². The summed E-state index contributed by atoms with van der Waals surface area (Å²) >= 11 is 3.59. The lowest BCUT2D eigenvalue weighted by molar-refractivity contribution is -0.113. The third-order valence-corrected chi connectivity index (χ3v) is 6.55. The molecule has 0 aliphatic rings. The molecule has 33 heavy (non-hydrogen) atoms. The minimum Gasteiger partial charge on any atom is -0.497 e. The van der Waals surface area contributed by atoms with E-state index in [0.29, 0.717) is 28.8 Å². The van der Waals surface area contributed by atoms with Gasteiger partial charge in [0.15, 0.2) is 11.0 Å². The maximum atomic E-state index is 12.5. The largest absolute Gasteiger partial charge is 0.497 e. The second-order valence-corrected chi connectivity index (χ2v) is 9.49. The van der Waals surface area contributed by atoms with E-state index in [9.17, 15) is 9.59 Å². The molecule has 10 heteroatoms. The Morgan fingerprint density at radius 1 is 1.12 bits per heavy atom. The highest BCUT2D eigenvalue weighted by Crippen LogP contribution is 2.24. The van der Waals surface area contributed by atoms with Gasteiger partial charge in [0.05, 0.1) is 19.4 Å². The summed E-state index contributed by atoms with van der Waals surface area (Å²) in [6, 6.07) is 11.0. The molecular formula is C23H26IN5O3S. The van der Waals surface area contributed by atoms with E-state index >= 15 is 0 Å². The zero-order chi connectivity index (χ0) is 24.0. The fourth-order valence-electron chi connectivity index (χ4n) is 3.29. The number of hydrogen-bond donors (Lipinski definition) is 2. The molecule has 0 bridgehead atoms. The molecule has 0 unspecified atom stereocenters. The number of rotatable bonds is 9. The van der Waals surface area contributed by atoms with Crippen molar-refractivity contribution in [2.24, 2.45) is 0 Å². The lowest BCUT2D eigenvalue weighted by Crippen LogP contribution is -2.24. The monoisotopic (exact) mass is 579 g/mol. The summed E-state index contributed by atoms with van der Waals surface area (Å²) in [4.78, 5) is 25.0. The van der Waals surface area contributed by atoms with E-state index in [2.05, 4.69) is 43.4 Å². The number of aryl methyl sites for hydroxylation is 2. The van der Waals surface area contributed by atoms with Crippen LogP contribution < -0.4 is 15.4 Å². The molecular weight excluding hydrogens is 553 g/mol. The van der Waals surface area contributed by atoms with Gasteiger partial charge < -0.3 is 19.9 Å². The average molecular weight is 579 g/mol. The third-order valence-electron chi connectivity index (χ3n) is 4.96. The molecule has 0 saturated heterocycles. The molecule has 0 radical (unpaired) electrons. The molecule has 2 N–H and O–H groups in total. The van der Waals surface area contributed by atoms with E-state index in [-0.39, 0.29) is 24.1 Å². The number of benzene rings is 2. The molecule has 0 spiro atoms. The van der Waals surface area contributed by atoms with Crippen LogP contribution in [0.4, 0.5) is 5.69 Å². The van der Waals surface area contributed by atoms with Crippen LogP contribution in [-0.4, -0.2) is 39.4 Å². The van der Waals surface area contributed by atoms with Crippen LogP contribution in [-0.2, 0) is 17.9 Å². The first-order chi connectivity index (χ1) is 15.8. The molecule has 0 aliphatic heterocycles. The second-order valence-electron chi connectivity index (χ2n) is 7.31. The van der Waals surface area contributed by atoms with Crippen LogP contribution in [0.2, 0.25) is 0 Å². The summed E-state index contributed by atoms with van der Waals surface area (Å²) in [7, 11) is 1.58. The predicted octanol–water partition coefficient (Wildman–Crippen LogP) is 4.19. The van der Waals surface area contributed by atoms with Crippen LogP contribution in [0.15, 0.2) is 41.6 Å². The van der Waals surface area contributed by atoms with Crippen molar-refractivity contribution in [3.63, 3.8) is 0 Å². The van der Waals surface area contributed by atoms with Gasteiger partial charge in [0.1, 0.15) is 5.75 Å². The van der Waals surface area contributed by atoms with Gasteiger partial charge in [-0.2, -0.15) is 0 Å². The highest BCUT2D eigenvalue weighted by molar-refractivity contribution is 14.1. The van der Waals surface area contributed by atoms with Gasteiger partial charge in [-0.25, -0.2) is 0 Å². The van der Waals surface area contributed by atoms with Crippen LogP contribution in [0.3, 0.4) is 0 Å². The normalized spacial score (nSPS) is 10.7. The zero-order valence-corrected chi connectivity index (χ0v) is 21.9. The fourth-order valence-corrected chi connectivity index (χ4v) is 5.05. The Balaban J connectivity index is 1.58. The SMILES string of the molecule is CCn1c(CNC(=O)c2ccc(OC)cc2)nnc1SCC(=O)Nc1c(C)cc(I)cc1C. The summed E-state index contributed by atoms with van der Waals surface area (Å²) < 4.78 is 8.15. The van der Waals surface area contributed by atoms with Gasteiger partial charge in [-0.3, -0.25) is 9.59 Å². The number of thioether (sulfide) groups is 1. The molecule has 174 valence electrons.